The molecule has 0 unspecified atom stereocenters. The predicted molar refractivity (Wildman–Crippen MR) is 108 cm³/mol. The van der Waals surface area contributed by atoms with E-state index in [1.807, 2.05) is 17.0 Å². The summed E-state index contributed by atoms with van der Waals surface area (Å²) in [4.78, 5) is 16.8. The van der Waals surface area contributed by atoms with Gasteiger partial charge in [-0.3, -0.25) is 4.79 Å². The largest absolute Gasteiger partial charge is 0.488 e. The van der Waals surface area contributed by atoms with Crippen molar-refractivity contribution in [1.82, 2.24) is 9.80 Å². The van der Waals surface area contributed by atoms with E-state index in [2.05, 4.69) is 29.2 Å². The number of nitrogens with zero attached hydrogens (tertiary/aromatic N) is 2. The lowest BCUT2D eigenvalue weighted by Gasteiger charge is -2.39. The van der Waals surface area contributed by atoms with E-state index >= 15 is 0 Å². The fourth-order valence-corrected chi connectivity index (χ4v) is 4.87. The summed E-state index contributed by atoms with van der Waals surface area (Å²) in [5.41, 5.74) is 1.12. The maximum Gasteiger partial charge on any atom is 0.219 e. The minimum absolute atomic E-state index is 0.0894. The van der Waals surface area contributed by atoms with E-state index in [9.17, 15) is 4.79 Å². The van der Waals surface area contributed by atoms with E-state index in [0.717, 1.165) is 23.8 Å². The van der Waals surface area contributed by atoms with Crippen molar-refractivity contribution in [2.75, 3.05) is 26.2 Å². The molecule has 1 fully saturated rings. The zero-order valence-electron chi connectivity index (χ0n) is 16.5. The van der Waals surface area contributed by atoms with Crippen LogP contribution in [-0.4, -0.2) is 48.0 Å². The molecule has 3 aliphatic rings. The summed E-state index contributed by atoms with van der Waals surface area (Å²) in [5, 5.41) is 0. The monoisotopic (exact) mass is 368 g/mol. The van der Waals surface area contributed by atoms with Crippen LogP contribution < -0.4 is 4.74 Å². The molecular formula is C23H32N2O2. The summed E-state index contributed by atoms with van der Waals surface area (Å²) >= 11 is 0. The molecule has 0 N–H and O–H groups in total. The van der Waals surface area contributed by atoms with Crippen LogP contribution in [0.3, 0.4) is 0 Å². The zero-order chi connectivity index (χ0) is 18.6. The van der Waals surface area contributed by atoms with Gasteiger partial charge in [-0.15, -0.1) is 0 Å². The molecule has 4 heteroatoms. The van der Waals surface area contributed by atoms with Crippen LogP contribution >= 0.6 is 0 Å². The first-order valence-electron chi connectivity index (χ1n) is 10.6. The van der Waals surface area contributed by atoms with Crippen LogP contribution in [0, 0.1) is 11.8 Å². The van der Waals surface area contributed by atoms with Gasteiger partial charge in [-0.25, -0.2) is 0 Å². The molecule has 3 atom stereocenters. The summed E-state index contributed by atoms with van der Waals surface area (Å²) in [7, 11) is 0. The Morgan fingerprint density at radius 3 is 2.89 bits per heavy atom. The lowest BCUT2D eigenvalue weighted by atomic mass is 9.89. The first kappa shape index (κ1) is 18.5. The Hall–Kier alpha value is -1.81. The SMILES string of the molecule is CC(=O)N1Cc2ccccc2O[C@H]([C@H]2CCCN(C[C@H]3CC=CCC3)C2)C1. The second kappa shape index (κ2) is 8.47. The summed E-state index contributed by atoms with van der Waals surface area (Å²) in [6.45, 7) is 6.55. The molecule has 0 radical (unpaired) electrons. The van der Waals surface area contributed by atoms with Crippen LogP contribution in [0.15, 0.2) is 36.4 Å². The third-order valence-electron chi connectivity index (χ3n) is 6.42. The van der Waals surface area contributed by atoms with Gasteiger partial charge >= 0.3 is 0 Å². The first-order valence-corrected chi connectivity index (χ1v) is 10.6. The topological polar surface area (TPSA) is 32.8 Å². The number of carbonyl (C=O) groups is 1. The Labute approximate surface area is 163 Å². The van der Waals surface area contributed by atoms with Crippen molar-refractivity contribution in [3.63, 3.8) is 0 Å². The highest BCUT2D eigenvalue weighted by Gasteiger charge is 2.33. The highest BCUT2D eigenvalue weighted by Crippen LogP contribution is 2.31. The average Bonchev–Trinajstić information content (AvgIpc) is 2.89. The fourth-order valence-electron chi connectivity index (χ4n) is 4.87. The number of hydrogen-bond donors (Lipinski definition) is 0. The Bertz CT molecular complexity index is 687. The molecule has 1 aromatic carbocycles. The van der Waals surface area contributed by atoms with Gasteiger partial charge in [0, 0.05) is 38.0 Å². The maximum absolute atomic E-state index is 12.2. The molecule has 1 aromatic rings. The van der Waals surface area contributed by atoms with Crippen molar-refractivity contribution in [1.29, 1.82) is 0 Å². The lowest BCUT2D eigenvalue weighted by molar-refractivity contribution is -0.130. The number of para-hydroxylation sites is 1. The average molecular weight is 369 g/mol. The van der Waals surface area contributed by atoms with Crippen LogP contribution in [0.25, 0.3) is 0 Å². The smallest absolute Gasteiger partial charge is 0.219 e. The van der Waals surface area contributed by atoms with Crippen molar-refractivity contribution in [2.45, 2.75) is 51.7 Å². The second-order valence-corrected chi connectivity index (χ2v) is 8.48. The van der Waals surface area contributed by atoms with Gasteiger partial charge in [-0.05, 0) is 50.6 Å². The standard InChI is InChI=1S/C23H32N2O2/c1-18(26)25-16-21-10-5-6-12-22(21)27-23(17-25)20-11-7-13-24(15-20)14-19-8-3-2-4-9-19/h2-3,5-6,10,12,19-20,23H,4,7-9,11,13-17H2,1H3/t19-,20-,23-/m0/s1. The van der Waals surface area contributed by atoms with Crippen molar-refractivity contribution in [3.05, 3.63) is 42.0 Å². The van der Waals surface area contributed by atoms with Crippen LogP contribution in [0.5, 0.6) is 5.75 Å². The Morgan fingerprint density at radius 2 is 2.07 bits per heavy atom. The molecule has 2 heterocycles. The van der Waals surface area contributed by atoms with Gasteiger partial charge in [0.2, 0.25) is 5.91 Å². The van der Waals surface area contributed by atoms with Crippen LogP contribution in [0.2, 0.25) is 0 Å². The molecule has 0 bridgehead atoms. The number of allylic oxidation sites excluding steroid dienone is 2. The van der Waals surface area contributed by atoms with Gasteiger partial charge < -0.3 is 14.5 Å². The molecule has 2 aliphatic heterocycles. The number of amides is 1. The molecule has 27 heavy (non-hydrogen) atoms. The van der Waals surface area contributed by atoms with Crippen molar-refractivity contribution >= 4 is 5.91 Å². The van der Waals surface area contributed by atoms with Crippen LogP contribution in [-0.2, 0) is 11.3 Å². The Morgan fingerprint density at radius 1 is 1.19 bits per heavy atom. The summed E-state index contributed by atoms with van der Waals surface area (Å²) in [5.74, 6) is 2.40. The summed E-state index contributed by atoms with van der Waals surface area (Å²) in [6, 6.07) is 8.20. The number of benzene rings is 1. The summed E-state index contributed by atoms with van der Waals surface area (Å²) in [6.07, 6.45) is 11.0. The second-order valence-electron chi connectivity index (χ2n) is 8.48. The molecule has 4 nitrogen and oxygen atoms in total. The molecule has 146 valence electrons. The van der Waals surface area contributed by atoms with Gasteiger partial charge in [-0.2, -0.15) is 0 Å². The van der Waals surface area contributed by atoms with E-state index in [1.54, 1.807) is 6.92 Å². The van der Waals surface area contributed by atoms with E-state index < -0.39 is 0 Å². The van der Waals surface area contributed by atoms with E-state index in [1.165, 1.54) is 45.2 Å². The zero-order valence-corrected chi connectivity index (χ0v) is 16.5. The lowest BCUT2D eigenvalue weighted by Crippen LogP contribution is -2.47. The first-order chi connectivity index (χ1) is 13.2. The molecular weight excluding hydrogens is 336 g/mol. The molecule has 1 amide bonds. The van der Waals surface area contributed by atoms with Crippen molar-refractivity contribution in [3.8, 4) is 5.75 Å². The molecule has 0 aromatic heterocycles. The maximum atomic E-state index is 12.2. The third-order valence-corrected chi connectivity index (χ3v) is 6.42. The van der Waals surface area contributed by atoms with Crippen LogP contribution in [0.4, 0.5) is 0 Å². The number of rotatable bonds is 3. The molecule has 4 rings (SSSR count). The van der Waals surface area contributed by atoms with Crippen molar-refractivity contribution in [2.24, 2.45) is 11.8 Å². The van der Waals surface area contributed by atoms with Gasteiger partial charge in [0.15, 0.2) is 0 Å². The number of likely N-dealkylation sites (tertiary alicyclic amines) is 1. The van der Waals surface area contributed by atoms with Gasteiger partial charge in [0.1, 0.15) is 11.9 Å². The van der Waals surface area contributed by atoms with Gasteiger partial charge in [0.05, 0.1) is 6.54 Å². The Kier molecular flexibility index (Phi) is 5.82. The molecule has 0 saturated carbocycles. The Balaban J connectivity index is 1.45. The number of piperidine rings is 1. The predicted octanol–water partition coefficient (Wildman–Crippen LogP) is 3.86. The number of ether oxygens (including phenoxy) is 1. The third kappa shape index (κ3) is 4.55. The van der Waals surface area contributed by atoms with E-state index in [0.29, 0.717) is 19.0 Å². The quantitative estimate of drug-likeness (QED) is 0.760. The highest BCUT2D eigenvalue weighted by atomic mass is 16.5. The highest BCUT2D eigenvalue weighted by molar-refractivity contribution is 5.73. The van der Waals surface area contributed by atoms with Gasteiger partial charge in [-0.1, -0.05) is 30.4 Å². The van der Waals surface area contributed by atoms with E-state index in [-0.39, 0.29) is 12.0 Å². The number of carbonyl (C=O) groups excluding carboxylic acids is 1. The minimum Gasteiger partial charge on any atom is -0.488 e. The normalized spacial score (nSPS) is 28.9. The van der Waals surface area contributed by atoms with Gasteiger partial charge in [0.25, 0.3) is 0 Å². The number of fused-ring (bicyclic) bond motifs is 1. The minimum atomic E-state index is 0.0894. The molecule has 1 saturated heterocycles. The fraction of sp³-hybridized carbons (Fsp3) is 0.609. The van der Waals surface area contributed by atoms with Crippen molar-refractivity contribution < 1.29 is 9.53 Å². The van der Waals surface area contributed by atoms with Crippen LogP contribution in [0.1, 0.15) is 44.6 Å². The van der Waals surface area contributed by atoms with E-state index in [4.69, 9.17) is 4.74 Å². The number of hydrogen-bond acceptors (Lipinski definition) is 3. The molecule has 1 aliphatic carbocycles. The summed E-state index contributed by atoms with van der Waals surface area (Å²) < 4.78 is 6.48. The molecule has 0 spiro atoms.